The van der Waals surface area contributed by atoms with Crippen molar-refractivity contribution in [2.45, 2.75) is 25.8 Å². The van der Waals surface area contributed by atoms with Crippen molar-refractivity contribution in [3.8, 4) is 0 Å². The van der Waals surface area contributed by atoms with Crippen LogP contribution >= 0.6 is 0 Å². The Morgan fingerprint density at radius 1 is 1.24 bits per heavy atom. The molecule has 2 aromatic heterocycles. The summed E-state index contributed by atoms with van der Waals surface area (Å²) in [6.45, 7) is 1.51. The largest absolute Gasteiger partial charge is 0.341 e. The highest BCUT2D eigenvalue weighted by Gasteiger charge is 2.22. The molecule has 5 heteroatoms. The summed E-state index contributed by atoms with van der Waals surface area (Å²) in [6, 6.07) is 12.1. The number of hydrogen-bond donors (Lipinski definition) is 0. The van der Waals surface area contributed by atoms with Gasteiger partial charge in [-0.2, -0.15) is 5.10 Å². The Morgan fingerprint density at radius 3 is 2.76 bits per heavy atom. The van der Waals surface area contributed by atoms with Gasteiger partial charge < -0.3 is 4.90 Å². The van der Waals surface area contributed by atoms with Gasteiger partial charge in [-0.3, -0.25) is 4.79 Å². The van der Waals surface area contributed by atoms with Gasteiger partial charge in [0.25, 0.3) is 5.91 Å². The normalized spacial score (nSPS) is 14.4. The van der Waals surface area contributed by atoms with Crippen molar-refractivity contribution >= 4 is 16.9 Å². The van der Waals surface area contributed by atoms with E-state index in [1.807, 2.05) is 40.9 Å². The van der Waals surface area contributed by atoms with Crippen molar-refractivity contribution in [1.29, 1.82) is 0 Å². The fourth-order valence-electron chi connectivity index (χ4n) is 3.33. The number of pyridine rings is 1. The molecule has 128 valence electrons. The number of nitrogens with zero attached hydrogens (tertiary/aromatic N) is 4. The van der Waals surface area contributed by atoms with Gasteiger partial charge in [0, 0.05) is 25.2 Å². The zero-order valence-corrected chi connectivity index (χ0v) is 14.4. The Labute approximate surface area is 147 Å². The number of aromatic nitrogens is 3. The summed E-state index contributed by atoms with van der Waals surface area (Å²) in [5, 5.41) is 5.34. The molecule has 0 spiro atoms. The van der Waals surface area contributed by atoms with Gasteiger partial charge in [-0.05, 0) is 30.4 Å². The molecule has 0 unspecified atom stereocenters. The number of carbonyl (C=O) groups is 1. The molecule has 5 nitrogen and oxygen atoms in total. The van der Waals surface area contributed by atoms with Crippen molar-refractivity contribution in [2.75, 3.05) is 13.6 Å². The summed E-state index contributed by atoms with van der Waals surface area (Å²) in [4.78, 5) is 18.9. The zero-order chi connectivity index (χ0) is 17.2. The van der Waals surface area contributed by atoms with E-state index in [1.165, 1.54) is 24.8 Å². The first-order valence-corrected chi connectivity index (χ1v) is 8.81. The Balaban J connectivity index is 1.53. The van der Waals surface area contributed by atoms with Crippen LogP contribution in [0.5, 0.6) is 0 Å². The molecule has 1 aliphatic carbocycles. The Hall–Kier alpha value is -2.69. The van der Waals surface area contributed by atoms with Crippen molar-refractivity contribution in [3.63, 3.8) is 0 Å². The second kappa shape index (κ2) is 6.67. The van der Waals surface area contributed by atoms with E-state index in [1.54, 1.807) is 12.4 Å². The first-order chi connectivity index (χ1) is 12.2. The summed E-state index contributed by atoms with van der Waals surface area (Å²) in [6.07, 6.45) is 7.22. The first-order valence-electron chi connectivity index (χ1n) is 8.81. The van der Waals surface area contributed by atoms with Crippen LogP contribution in [-0.4, -0.2) is 39.2 Å². The Morgan fingerprint density at radius 2 is 2.04 bits per heavy atom. The molecule has 1 amide bonds. The van der Waals surface area contributed by atoms with Gasteiger partial charge in [-0.1, -0.05) is 36.8 Å². The number of carbonyl (C=O) groups excluding carboxylic acids is 1. The molecule has 1 aliphatic rings. The van der Waals surface area contributed by atoms with E-state index in [9.17, 15) is 4.79 Å². The third-order valence-corrected chi connectivity index (χ3v) is 5.00. The van der Waals surface area contributed by atoms with E-state index < -0.39 is 0 Å². The molecule has 0 aliphatic heterocycles. The minimum Gasteiger partial charge on any atom is -0.341 e. The summed E-state index contributed by atoms with van der Waals surface area (Å²) in [5.41, 5.74) is 2.62. The van der Waals surface area contributed by atoms with Crippen LogP contribution in [0.4, 0.5) is 0 Å². The van der Waals surface area contributed by atoms with Crippen molar-refractivity contribution in [2.24, 2.45) is 5.92 Å². The van der Waals surface area contributed by atoms with Gasteiger partial charge in [0.2, 0.25) is 0 Å². The van der Waals surface area contributed by atoms with E-state index in [2.05, 4.69) is 22.2 Å². The minimum atomic E-state index is 0.0390. The molecule has 25 heavy (non-hydrogen) atoms. The smallest absolute Gasteiger partial charge is 0.255 e. The molecule has 1 saturated carbocycles. The lowest BCUT2D eigenvalue weighted by molar-refractivity contribution is 0.0745. The lowest BCUT2D eigenvalue weighted by Gasteiger charge is -2.30. The van der Waals surface area contributed by atoms with Crippen LogP contribution in [0.2, 0.25) is 0 Å². The van der Waals surface area contributed by atoms with Gasteiger partial charge in [0.1, 0.15) is 0 Å². The molecular formula is C20H22N4O. The number of amides is 1. The molecule has 0 N–H and O–H groups in total. The zero-order valence-electron chi connectivity index (χ0n) is 14.4. The van der Waals surface area contributed by atoms with E-state index >= 15 is 0 Å². The van der Waals surface area contributed by atoms with Crippen LogP contribution in [0, 0.1) is 5.92 Å². The second-order valence-corrected chi connectivity index (χ2v) is 6.91. The van der Waals surface area contributed by atoms with Crippen molar-refractivity contribution in [3.05, 3.63) is 59.9 Å². The van der Waals surface area contributed by atoms with Crippen LogP contribution in [0.1, 0.15) is 35.2 Å². The molecule has 1 aromatic carbocycles. The van der Waals surface area contributed by atoms with Gasteiger partial charge in [-0.15, -0.1) is 0 Å². The molecule has 4 rings (SSSR count). The Kier molecular flexibility index (Phi) is 4.22. The number of rotatable bonds is 5. The predicted octanol–water partition coefficient (Wildman–Crippen LogP) is 3.35. The van der Waals surface area contributed by atoms with Crippen LogP contribution in [0.15, 0.2) is 48.8 Å². The van der Waals surface area contributed by atoms with Gasteiger partial charge in [0.15, 0.2) is 5.65 Å². The molecule has 1 fully saturated rings. The highest BCUT2D eigenvalue weighted by atomic mass is 16.2. The quantitative estimate of drug-likeness (QED) is 0.719. The standard InChI is InChI=1S/C20H22N4O/c1-23(13-15-8-5-9-15)20(25)18-10-17-12-22-24(19(17)21-11-18)14-16-6-3-2-4-7-16/h2-4,6-7,10-12,15H,5,8-9,13-14H2,1H3. The molecular weight excluding hydrogens is 312 g/mol. The van der Waals surface area contributed by atoms with Gasteiger partial charge in [-0.25, -0.2) is 9.67 Å². The average Bonchev–Trinajstić information content (AvgIpc) is 3.00. The molecule has 2 heterocycles. The molecule has 0 radical (unpaired) electrons. The lowest BCUT2D eigenvalue weighted by Crippen LogP contribution is -2.34. The SMILES string of the molecule is CN(CC1CCC1)C(=O)c1cnc2c(cnn2Cc2ccccc2)c1. The van der Waals surface area contributed by atoms with E-state index in [4.69, 9.17) is 0 Å². The number of fused-ring (bicyclic) bond motifs is 1. The maximum Gasteiger partial charge on any atom is 0.255 e. The maximum atomic E-state index is 12.6. The highest BCUT2D eigenvalue weighted by molar-refractivity contribution is 5.96. The van der Waals surface area contributed by atoms with Crippen LogP contribution in [-0.2, 0) is 6.54 Å². The molecule has 0 saturated heterocycles. The average molecular weight is 334 g/mol. The summed E-state index contributed by atoms with van der Waals surface area (Å²) >= 11 is 0. The minimum absolute atomic E-state index is 0.0390. The third-order valence-electron chi connectivity index (χ3n) is 5.00. The number of hydrogen-bond acceptors (Lipinski definition) is 3. The Bertz CT molecular complexity index is 883. The first kappa shape index (κ1) is 15.8. The number of benzene rings is 1. The highest BCUT2D eigenvalue weighted by Crippen LogP contribution is 2.27. The van der Waals surface area contributed by atoms with E-state index in [0.29, 0.717) is 18.0 Å². The summed E-state index contributed by atoms with van der Waals surface area (Å²) in [7, 11) is 1.88. The summed E-state index contributed by atoms with van der Waals surface area (Å²) in [5.74, 6) is 0.705. The van der Waals surface area contributed by atoms with Crippen LogP contribution < -0.4 is 0 Å². The van der Waals surface area contributed by atoms with Gasteiger partial charge in [0.05, 0.1) is 18.3 Å². The van der Waals surface area contributed by atoms with Crippen molar-refractivity contribution < 1.29 is 4.79 Å². The maximum absolute atomic E-state index is 12.6. The summed E-state index contributed by atoms with van der Waals surface area (Å²) < 4.78 is 1.87. The van der Waals surface area contributed by atoms with Gasteiger partial charge >= 0.3 is 0 Å². The second-order valence-electron chi connectivity index (χ2n) is 6.91. The predicted molar refractivity (Wildman–Crippen MR) is 97.4 cm³/mol. The van der Waals surface area contributed by atoms with Crippen LogP contribution in [0.25, 0.3) is 11.0 Å². The molecule has 0 atom stereocenters. The topological polar surface area (TPSA) is 51.0 Å². The molecule has 3 aromatic rings. The lowest BCUT2D eigenvalue weighted by atomic mass is 9.85. The van der Waals surface area contributed by atoms with E-state index in [-0.39, 0.29) is 5.91 Å². The van der Waals surface area contributed by atoms with Crippen LogP contribution in [0.3, 0.4) is 0 Å². The fourth-order valence-corrected chi connectivity index (χ4v) is 3.33. The molecule has 0 bridgehead atoms. The third kappa shape index (κ3) is 3.27. The van der Waals surface area contributed by atoms with E-state index in [0.717, 1.165) is 17.6 Å². The van der Waals surface area contributed by atoms with Crippen molar-refractivity contribution in [1.82, 2.24) is 19.7 Å². The monoisotopic (exact) mass is 334 g/mol. The fraction of sp³-hybridized carbons (Fsp3) is 0.350.